The zero-order chi connectivity index (χ0) is 29.6. The molecular weight excluding hydrogens is 557 g/mol. The molecule has 0 saturated heterocycles. The monoisotopic (exact) mass is 582 g/mol. The Kier molecular flexibility index (Phi) is 8.89. The van der Waals surface area contributed by atoms with Crippen molar-refractivity contribution in [2.24, 2.45) is 0 Å². The van der Waals surface area contributed by atoms with Crippen LogP contribution in [0.15, 0.2) is 108 Å². The van der Waals surface area contributed by atoms with E-state index in [-0.39, 0.29) is 10.5 Å². The number of halogens is 3. The molecule has 41 heavy (non-hydrogen) atoms. The van der Waals surface area contributed by atoms with E-state index in [1.54, 1.807) is 24.3 Å². The fourth-order valence-electron chi connectivity index (χ4n) is 3.98. The summed E-state index contributed by atoms with van der Waals surface area (Å²) in [5, 5.41) is 2.46. The molecule has 4 rings (SSSR count). The molecule has 0 aromatic heterocycles. The van der Waals surface area contributed by atoms with Crippen LogP contribution in [0.25, 0.3) is 22.3 Å². The molecule has 0 saturated carbocycles. The lowest BCUT2D eigenvalue weighted by molar-refractivity contribution is -0.142. The second kappa shape index (κ2) is 12.4. The molecule has 2 N–H and O–H groups in total. The molecule has 0 fully saturated rings. The predicted octanol–water partition coefficient (Wildman–Crippen LogP) is 5.29. The Morgan fingerprint density at radius 1 is 0.756 bits per heavy atom. The standard InChI is InChI=1S/C30H25F3N2O5S/c1-40-29(37)27(19-34-41(38,39)26-17-13-23(14-18-26)20-5-3-2-4-6-20)35-28(36)24-9-7-21(8-10-24)22-11-15-25(16-12-22)30(31,32)33/h2-18,27,34H,19H2,1H3,(H,35,36). The molecule has 1 atom stereocenters. The summed E-state index contributed by atoms with van der Waals surface area (Å²) in [5.74, 6) is -1.53. The van der Waals surface area contributed by atoms with Gasteiger partial charge in [-0.1, -0.05) is 66.7 Å². The van der Waals surface area contributed by atoms with E-state index in [2.05, 4.69) is 10.0 Å². The maximum Gasteiger partial charge on any atom is 0.416 e. The van der Waals surface area contributed by atoms with Crippen molar-refractivity contribution >= 4 is 21.9 Å². The third-order valence-corrected chi connectivity index (χ3v) is 7.67. The molecule has 0 bridgehead atoms. The van der Waals surface area contributed by atoms with Gasteiger partial charge in [0.05, 0.1) is 17.6 Å². The van der Waals surface area contributed by atoms with Crippen molar-refractivity contribution in [2.75, 3.05) is 13.7 Å². The molecule has 1 amide bonds. The molecule has 0 aliphatic carbocycles. The summed E-state index contributed by atoms with van der Waals surface area (Å²) in [6.45, 7) is -0.467. The molecule has 4 aromatic rings. The molecule has 0 spiro atoms. The van der Waals surface area contributed by atoms with E-state index < -0.39 is 46.2 Å². The lowest BCUT2D eigenvalue weighted by atomic mass is 10.0. The van der Waals surface area contributed by atoms with E-state index in [0.29, 0.717) is 11.1 Å². The van der Waals surface area contributed by atoms with Crippen molar-refractivity contribution in [3.63, 3.8) is 0 Å². The van der Waals surface area contributed by atoms with E-state index in [9.17, 15) is 31.2 Å². The van der Waals surface area contributed by atoms with Gasteiger partial charge in [-0.25, -0.2) is 17.9 Å². The zero-order valence-corrected chi connectivity index (χ0v) is 22.5. The summed E-state index contributed by atoms with van der Waals surface area (Å²) >= 11 is 0. The minimum Gasteiger partial charge on any atom is -0.467 e. The van der Waals surface area contributed by atoms with Crippen LogP contribution in [0.2, 0.25) is 0 Å². The van der Waals surface area contributed by atoms with Crippen LogP contribution in [-0.2, 0) is 25.7 Å². The van der Waals surface area contributed by atoms with Gasteiger partial charge in [0, 0.05) is 12.1 Å². The van der Waals surface area contributed by atoms with E-state index in [0.717, 1.165) is 30.4 Å². The van der Waals surface area contributed by atoms with Gasteiger partial charge in [0.25, 0.3) is 5.91 Å². The van der Waals surface area contributed by atoms with Crippen molar-refractivity contribution in [2.45, 2.75) is 17.1 Å². The van der Waals surface area contributed by atoms with Gasteiger partial charge >= 0.3 is 12.1 Å². The highest BCUT2D eigenvalue weighted by Crippen LogP contribution is 2.31. The second-order valence-electron chi connectivity index (χ2n) is 8.94. The maximum atomic E-state index is 12.9. The van der Waals surface area contributed by atoms with Crippen LogP contribution < -0.4 is 10.0 Å². The highest BCUT2D eigenvalue weighted by atomic mass is 32.2. The Balaban J connectivity index is 1.41. The number of esters is 1. The van der Waals surface area contributed by atoms with E-state index in [4.69, 9.17) is 4.74 Å². The fourth-order valence-corrected chi connectivity index (χ4v) is 5.02. The Labute approximate surface area is 235 Å². The lowest BCUT2D eigenvalue weighted by Crippen LogP contribution is -2.48. The van der Waals surface area contributed by atoms with Crippen LogP contribution in [0, 0.1) is 0 Å². The first-order valence-electron chi connectivity index (χ1n) is 12.3. The van der Waals surface area contributed by atoms with Gasteiger partial charge in [0.2, 0.25) is 10.0 Å². The van der Waals surface area contributed by atoms with Crippen LogP contribution in [0.1, 0.15) is 15.9 Å². The predicted molar refractivity (Wildman–Crippen MR) is 147 cm³/mol. The van der Waals surface area contributed by atoms with Gasteiger partial charge < -0.3 is 10.1 Å². The summed E-state index contributed by atoms with van der Waals surface area (Å²) < 4.78 is 71.2. The fraction of sp³-hybridized carbons (Fsp3) is 0.133. The number of carbonyl (C=O) groups excluding carboxylic acids is 2. The van der Waals surface area contributed by atoms with Gasteiger partial charge in [-0.15, -0.1) is 0 Å². The van der Waals surface area contributed by atoms with Crippen LogP contribution in [0.5, 0.6) is 0 Å². The molecule has 0 aliphatic heterocycles. The minimum absolute atomic E-state index is 0.0222. The van der Waals surface area contributed by atoms with E-state index in [1.807, 2.05) is 30.3 Å². The Bertz CT molecular complexity index is 1610. The Morgan fingerprint density at radius 3 is 1.76 bits per heavy atom. The van der Waals surface area contributed by atoms with Crippen molar-refractivity contribution in [3.8, 4) is 22.3 Å². The number of carbonyl (C=O) groups is 2. The average Bonchev–Trinajstić information content (AvgIpc) is 2.99. The first-order valence-corrected chi connectivity index (χ1v) is 13.8. The molecular formula is C30H25F3N2O5S. The number of alkyl halides is 3. The summed E-state index contributed by atoms with van der Waals surface area (Å²) in [6.07, 6.45) is -4.45. The molecule has 0 aliphatic rings. The van der Waals surface area contributed by atoms with Gasteiger partial charge in [0.15, 0.2) is 0 Å². The summed E-state index contributed by atoms with van der Waals surface area (Å²) in [4.78, 5) is 25.1. The molecule has 1 unspecified atom stereocenters. The number of hydrogen-bond acceptors (Lipinski definition) is 5. The van der Waals surface area contributed by atoms with E-state index in [1.165, 1.54) is 36.4 Å². The number of methoxy groups -OCH3 is 1. The molecule has 0 heterocycles. The van der Waals surface area contributed by atoms with Crippen LogP contribution in [0.4, 0.5) is 13.2 Å². The van der Waals surface area contributed by atoms with Crippen LogP contribution >= 0.6 is 0 Å². The molecule has 7 nitrogen and oxygen atoms in total. The van der Waals surface area contributed by atoms with Crippen LogP contribution in [-0.4, -0.2) is 40.0 Å². The van der Waals surface area contributed by atoms with Gasteiger partial charge in [-0.05, 0) is 58.7 Å². The van der Waals surface area contributed by atoms with Crippen molar-refractivity contribution in [1.82, 2.24) is 10.0 Å². The van der Waals surface area contributed by atoms with E-state index >= 15 is 0 Å². The Morgan fingerprint density at radius 2 is 1.24 bits per heavy atom. The summed E-state index contributed by atoms with van der Waals surface area (Å²) in [6, 6.07) is 24.8. The number of amides is 1. The SMILES string of the molecule is COC(=O)C(CNS(=O)(=O)c1ccc(-c2ccccc2)cc1)NC(=O)c1ccc(-c2ccc(C(F)(F)F)cc2)cc1. The van der Waals surface area contributed by atoms with Crippen molar-refractivity contribution in [3.05, 3.63) is 114 Å². The summed E-state index contributed by atoms with van der Waals surface area (Å²) in [5.41, 5.74) is 2.22. The summed E-state index contributed by atoms with van der Waals surface area (Å²) in [7, 11) is -2.92. The van der Waals surface area contributed by atoms with Gasteiger partial charge in [0.1, 0.15) is 6.04 Å². The number of benzene rings is 4. The van der Waals surface area contributed by atoms with Gasteiger partial charge in [-0.2, -0.15) is 13.2 Å². The molecule has 4 aromatic carbocycles. The highest BCUT2D eigenvalue weighted by molar-refractivity contribution is 7.89. The van der Waals surface area contributed by atoms with Gasteiger partial charge in [-0.3, -0.25) is 4.79 Å². The third kappa shape index (κ3) is 7.38. The number of hydrogen-bond donors (Lipinski definition) is 2. The quantitative estimate of drug-likeness (QED) is 0.261. The molecule has 11 heteroatoms. The lowest BCUT2D eigenvalue weighted by Gasteiger charge is -2.17. The normalized spacial score (nSPS) is 12.4. The third-order valence-electron chi connectivity index (χ3n) is 6.23. The molecule has 0 radical (unpaired) electrons. The first-order chi connectivity index (χ1) is 19.5. The second-order valence-corrected chi connectivity index (χ2v) is 10.7. The van der Waals surface area contributed by atoms with Crippen LogP contribution in [0.3, 0.4) is 0 Å². The topological polar surface area (TPSA) is 102 Å². The minimum atomic E-state index is -4.45. The number of rotatable bonds is 9. The zero-order valence-electron chi connectivity index (χ0n) is 21.7. The Hall–Kier alpha value is -4.48. The number of sulfonamides is 1. The maximum absolute atomic E-state index is 12.9. The first kappa shape index (κ1) is 29.5. The highest BCUT2D eigenvalue weighted by Gasteiger charge is 2.30. The van der Waals surface area contributed by atoms with Crippen molar-refractivity contribution < 1.29 is 35.9 Å². The average molecular weight is 583 g/mol. The smallest absolute Gasteiger partial charge is 0.416 e. The van der Waals surface area contributed by atoms with Crippen molar-refractivity contribution in [1.29, 1.82) is 0 Å². The number of nitrogens with one attached hydrogen (secondary N) is 2. The largest absolute Gasteiger partial charge is 0.467 e. The number of ether oxygens (including phenoxy) is 1. The molecule has 212 valence electrons.